The number of nitrogens with zero attached hydrogens (tertiary/aromatic N) is 2. The van der Waals surface area contributed by atoms with Gasteiger partial charge in [-0.25, -0.2) is 0 Å². The van der Waals surface area contributed by atoms with E-state index in [0.29, 0.717) is 17.9 Å². The quantitative estimate of drug-likeness (QED) is 0.596. The Morgan fingerprint density at radius 2 is 1.71 bits per heavy atom. The van der Waals surface area contributed by atoms with Crippen LogP contribution in [0.5, 0.6) is 0 Å². The summed E-state index contributed by atoms with van der Waals surface area (Å²) in [5.41, 5.74) is 3.08. The van der Waals surface area contributed by atoms with Crippen molar-refractivity contribution in [2.45, 2.75) is 63.5 Å². The van der Waals surface area contributed by atoms with E-state index in [1.165, 1.54) is 68.6 Å². The summed E-state index contributed by atoms with van der Waals surface area (Å²) in [6.07, 6.45) is 9.66. The summed E-state index contributed by atoms with van der Waals surface area (Å²) in [7, 11) is 0. The number of aliphatic imine (C=N–C) groups is 1. The minimum atomic E-state index is 0.526. The third kappa shape index (κ3) is 3.71. The molecule has 2 atom stereocenters. The Labute approximate surface area is 173 Å². The molecule has 4 fully saturated rings. The van der Waals surface area contributed by atoms with Crippen LogP contribution in [-0.4, -0.2) is 29.7 Å². The van der Waals surface area contributed by atoms with Crippen molar-refractivity contribution in [2.75, 3.05) is 13.1 Å². The minimum Gasteiger partial charge on any atom is -0.294 e. The first-order valence-corrected chi connectivity index (χ1v) is 12.1. The third-order valence-corrected chi connectivity index (χ3v) is 8.19. The maximum atomic E-state index is 5.32. The van der Waals surface area contributed by atoms with E-state index in [9.17, 15) is 0 Å². The Balaban J connectivity index is 1.51. The van der Waals surface area contributed by atoms with Crippen molar-refractivity contribution in [2.24, 2.45) is 16.8 Å². The van der Waals surface area contributed by atoms with Crippen LogP contribution in [0.2, 0.25) is 0 Å². The van der Waals surface area contributed by atoms with Gasteiger partial charge in [-0.1, -0.05) is 55.7 Å². The SMILES string of the molecule is c1ccc(C(C2CCCCC2)C2/C(=N/Cc3cccs3)C3CCN2CC3)cc1. The molecule has 1 aliphatic carbocycles. The normalized spacial score (nSPS) is 30.6. The average Bonchev–Trinajstić information content (AvgIpc) is 3.29. The van der Waals surface area contributed by atoms with E-state index in [-0.39, 0.29) is 0 Å². The maximum absolute atomic E-state index is 5.32. The molecule has 3 aliphatic heterocycles. The molecule has 1 saturated carbocycles. The van der Waals surface area contributed by atoms with Crippen molar-refractivity contribution in [3.63, 3.8) is 0 Å². The lowest BCUT2D eigenvalue weighted by molar-refractivity contribution is 0.105. The number of rotatable bonds is 5. The standard InChI is InChI=1S/C25H32N2S/c1-3-8-19(9-4-1)23(20-10-5-2-6-11-20)25-24(21-13-15-27(25)16-14-21)26-18-22-12-7-17-28-22/h1,3-4,7-9,12,17,20-21,23,25H,2,5-6,10-11,13-16,18H2/b26-24+. The van der Waals surface area contributed by atoms with Gasteiger partial charge in [0.1, 0.15) is 0 Å². The summed E-state index contributed by atoms with van der Waals surface area (Å²) >= 11 is 1.84. The van der Waals surface area contributed by atoms with E-state index in [2.05, 4.69) is 52.7 Å². The molecule has 0 spiro atoms. The Morgan fingerprint density at radius 3 is 2.43 bits per heavy atom. The molecule has 2 bridgehead atoms. The Kier molecular flexibility index (Phi) is 5.64. The second kappa shape index (κ2) is 8.51. The van der Waals surface area contributed by atoms with E-state index >= 15 is 0 Å². The highest BCUT2D eigenvalue weighted by molar-refractivity contribution is 7.09. The molecule has 148 valence electrons. The molecule has 6 rings (SSSR count). The van der Waals surface area contributed by atoms with Crippen molar-refractivity contribution in [3.05, 3.63) is 58.3 Å². The van der Waals surface area contributed by atoms with Crippen molar-refractivity contribution >= 4 is 17.0 Å². The predicted molar refractivity (Wildman–Crippen MR) is 119 cm³/mol. The molecular weight excluding hydrogens is 360 g/mol. The lowest BCUT2D eigenvalue weighted by Gasteiger charge is -2.51. The molecule has 28 heavy (non-hydrogen) atoms. The minimum absolute atomic E-state index is 0.526. The topological polar surface area (TPSA) is 15.6 Å². The number of piperidine rings is 3. The van der Waals surface area contributed by atoms with Crippen LogP contribution >= 0.6 is 11.3 Å². The smallest absolute Gasteiger partial charge is 0.0732 e. The summed E-state index contributed by atoms with van der Waals surface area (Å²) in [6, 6.07) is 16.3. The molecule has 2 nitrogen and oxygen atoms in total. The second-order valence-electron chi connectivity index (χ2n) is 8.91. The zero-order chi connectivity index (χ0) is 18.8. The van der Waals surface area contributed by atoms with Crippen LogP contribution < -0.4 is 0 Å². The monoisotopic (exact) mass is 392 g/mol. The zero-order valence-corrected chi connectivity index (χ0v) is 17.6. The fourth-order valence-corrected chi connectivity index (χ4v) is 6.62. The molecule has 1 aromatic carbocycles. The number of hydrogen-bond acceptors (Lipinski definition) is 3. The van der Waals surface area contributed by atoms with E-state index in [4.69, 9.17) is 4.99 Å². The molecule has 3 saturated heterocycles. The van der Waals surface area contributed by atoms with Crippen LogP contribution in [-0.2, 0) is 6.54 Å². The van der Waals surface area contributed by atoms with Gasteiger partial charge in [-0.05, 0) is 61.7 Å². The van der Waals surface area contributed by atoms with Gasteiger partial charge in [0, 0.05) is 22.4 Å². The molecule has 2 unspecified atom stereocenters. The number of thiophene rings is 1. The first-order valence-electron chi connectivity index (χ1n) is 11.3. The van der Waals surface area contributed by atoms with Crippen LogP contribution in [0.1, 0.15) is 61.3 Å². The van der Waals surface area contributed by atoms with Gasteiger partial charge >= 0.3 is 0 Å². The first kappa shape index (κ1) is 18.6. The van der Waals surface area contributed by atoms with Crippen molar-refractivity contribution in [1.29, 1.82) is 0 Å². The van der Waals surface area contributed by atoms with E-state index in [1.54, 1.807) is 5.56 Å². The van der Waals surface area contributed by atoms with Crippen molar-refractivity contribution in [3.8, 4) is 0 Å². The van der Waals surface area contributed by atoms with Crippen LogP contribution in [0.4, 0.5) is 0 Å². The molecule has 4 heterocycles. The van der Waals surface area contributed by atoms with Gasteiger partial charge in [0.15, 0.2) is 0 Å². The fraction of sp³-hybridized carbons (Fsp3) is 0.560. The van der Waals surface area contributed by atoms with Crippen LogP contribution in [0.3, 0.4) is 0 Å². The third-order valence-electron chi connectivity index (χ3n) is 7.32. The molecule has 2 aromatic rings. The summed E-state index contributed by atoms with van der Waals surface area (Å²) in [4.78, 5) is 9.51. The summed E-state index contributed by atoms with van der Waals surface area (Å²) < 4.78 is 0. The second-order valence-corrected chi connectivity index (χ2v) is 9.94. The average molecular weight is 393 g/mol. The zero-order valence-electron chi connectivity index (χ0n) is 16.8. The highest BCUT2D eigenvalue weighted by Gasteiger charge is 2.45. The van der Waals surface area contributed by atoms with Crippen LogP contribution in [0, 0.1) is 11.8 Å². The molecule has 0 N–H and O–H groups in total. The maximum Gasteiger partial charge on any atom is 0.0732 e. The van der Waals surface area contributed by atoms with Gasteiger partial charge in [0.25, 0.3) is 0 Å². The van der Waals surface area contributed by atoms with Gasteiger partial charge in [-0.3, -0.25) is 9.89 Å². The molecule has 1 aromatic heterocycles. The highest BCUT2D eigenvalue weighted by atomic mass is 32.1. The molecular formula is C25H32N2S. The number of benzene rings is 1. The van der Waals surface area contributed by atoms with Crippen LogP contribution in [0.25, 0.3) is 0 Å². The van der Waals surface area contributed by atoms with Gasteiger partial charge < -0.3 is 0 Å². The van der Waals surface area contributed by atoms with Crippen molar-refractivity contribution in [1.82, 2.24) is 4.90 Å². The van der Waals surface area contributed by atoms with Gasteiger partial charge in [-0.2, -0.15) is 0 Å². The number of fused-ring (bicyclic) bond motifs is 3. The predicted octanol–water partition coefficient (Wildman–Crippen LogP) is 6.15. The molecule has 4 aliphatic rings. The van der Waals surface area contributed by atoms with Crippen LogP contribution in [0.15, 0.2) is 52.8 Å². The van der Waals surface area contributed by atoms with Gasteiger partial charge in [0.2, 0.25) is 0 Å². The lowest BCUT2D eigenvalue weighted by Crippen LogP contribution is -2.58. The van der Waals surface area contributed by atoms with E-state index in [0.717, 1.165) is 12.5 Å². The molecule has 0 radical (unpaired) electrons. The number of hydrogen-bond donors (Lipinski definition) is 0. The largest absolute Gasteiger partial charge is 0.294 e. The Morgan fingerprint density at radius 1 is 0.929 bits per heavy atom. The summed E-state index contributed by atoms with van der Waals surface area (Å²) in [6.45, 7) is 3.41. The van der Waals surface area contributed by atoms with Crippen molar-refractivity contribution < 1.29 is 0 Å². The Hall–Kier alpha value is -1.45. The van der Waals surface area contributed by atoms with Gasteiger partial charge in [-0.15, -0.1) is 11.3 Å². The Bertz CT molecular complexity index is 768. The van der Waals surface area contributed by atoms with Gasteiger partial charge in [0.05, 0.1) is 12.6 Å². The first-order chi connectivity index (χ1) is 13.9. The fourth-order valence-electron chi connectivity index (χ4n) is 5.99. The van der Waals surface area contributed by atoms with E-state index < -0.39 is 0 Å². The molecule has 0 amide bonds. The summed E-state index contributed by atoms with van der Waals surface area (Å²) in [5.74, 6) is 2.14. The molecule has 3 heteroatoms. The lowest BCUT2D eigenvalue weighted by atomic mass is 9.67. The summed E-state index contributed by atoms with van der Waals surface area (Å²) in [5, 5.41) is 2.18. The highest BCUT2D eigenvalue weighted by Crippen LogP contribution is 2.45. The van der Waals surface area contributed by atoms with E-state index in [1.807, 2.05) is 11.3 Å².